The summed E-state index contributed by atoms with van der Waals surface area (Å²) >= 11 is 6.57. The summed E-state index contributed by atoms with van der Waals surface area (Å²) in [7, 11) is 0. The monoisotopic (exact) mass is 478 g/mol. The molecule has 170 valence electrons. The van der Waals surface area contributed by atoms with Crippen LogP contribution < -0.4 is 5.43 Å². The lowest BCUT2D eigenvalue weighted by Crippen LogP contribution is -2.17. The molecule has 5 aromatic rings. The van der Waals surface area contributed by atoms with Gasteiger partial charge in [0.05, 0.1) is 11.8 Å². The van der Waals surface area contributed by atoms with Crippen LogP contribution in [-0.4, -0.2) is 21.8 Å². The summed E-state index contributed by atoms with van der Waals surface area (Å²) in [5, 5.41) is 26.7. The largest absolute Gasteiger partial charge is 0.507 e. The second kappa shape index (κ2) is 9.34. The number of fused-ring (bicyclic) bond motifs is 2. The number of hydrogen-bond acceptors (Lipinski definition) is 4. The number of nitriles is 1. The van der Waals surface area contributed by atoms with Crippen molar-refractivity contribution >= 4 is 45.4 Å². The Labute approximate surface area is 206 Å². The molecule has 7 heteroatoms. The van der Waals surface area contributed by atoms with Crippen LogP contribution in [0.2, 0.25) is 5.02 Å². The maximum absolute atomic E-state index is 12.4. The zero-order valence-electron chi connectivity index (χ0n) is 18.4. The van der Waals surface area contributed by atoms with Gasteiger partial charge in [0, 0.05) is 39.8 Å². The highest BCUT2D eigenvalue weighted by Gasteiger charge is 2.11. The Morgan fingerprint density at radius 1 is 1.06 bits per heavy atom. The fourth-order valence-electron chi connectivity index (χ4n) is 4.13. The van der Waals surface area contributed by atoms with Gasteiger partial charge in [-0.25, -0.2) is 5.43 Å². The molecule has 5 rings (SSSR count). The first kappa shape index (κ1) is 22.2. The molecule has 1 aromatic heterocycles. The molecule has 0 fully saturated rings. The van der Waals surface area contributed by atoms with Crippen molar-refractivity contribution in [2.75, 3.05) is 0 Å². The molecule has 2 N–H and O–H groups in total. The molecule has 4 aromatic carbocycles. The molecule has 0 saturated heterocycles. The van der Waals surface area contributed by atoms with E-state index in [-0.39, 0.29) is 16.9 Å². The number of phenolic OH excluding ortho intramolecular Hbond substituents is 1. The predicted molar refractivity (Wildman–Crippen MR) is 138 cm³/mol. The maximum atomic E-state index is 12.4. The maximum Gasteiger partial charge on any atom is 0.271 e. The van der Waals surface area contributed by atoms with Gasteiger partial charge in [-0.3, -0.25) is 4.79 Å². The fourth-order valence-corrected chi connectivity index (χ4v) is 4.35. The molecule has 0 spiro atoms. The van der Waals surface area contributed by atoms with Gasteiger partial charge in [-0.1, -0.05) is 54.1 Å². The van der Waals surface area contributed by atoms with Gasteiger partial charge in [0.15, 0.2) is 0 Å². The Hall–Kier alpha value is -4.60. The topological polar surface area (TPSA) is 90.4 Å². The fraction of sp³-hybridized carbons (Fsp3) is 0.0357. The molecule has 0 unspecified atom stereocenters. The molecule has 0 radical (unpaired) electrons. The first-order valence-electron chi connectivity index (χ1n) is 10.9. The number of rotatable bonds is 5. The average molecular weight is 479 g/mol. The van der Waals surface area contributed by atoms with Crippen molar-refractivity contribution in [3.63, 3.8) is 0 Å². The molecule has 1 heterocycles. The summed E-state index contributed by atoms with van der Waals surface area (Å²) in [5.41, 5.74) is 5.64. The van der Waals surface area contributed by atoms with Gasteiger partial charge >= 0.3 is 0 Å². The lowest BCUT2D eigenvalue weighted by molar-refractivity contribution is 0.0955. The quantitative estimate of drug-likeness (QED) is 0.245. The Morgan fingerprint density at radius 2 is 1.91 bits per heavy atom. The summed E-state index contributed by atoms with van der Waals surface area (Å²) in [6.45, 7) is 0.614. The van der Waals surface area contributed by atoms with Gasteiger partial charge in [0.2, 0.25) is 0 Å². The Kier molecular flexibility index (Phi) is 5.92. The predicted octanol–water partition coefficient (Wildman–Crippen LogP) is 5.84. The Balaban J connectivity index is 1.40. The van der Waals surface area contributed by atoms with Gasteiger partial charge in [0.25, 0.3) is 5.91 Å². The summed E-state index contributed by atoms with van der Waals surface area (Å²) in [4.78, 5) is 12.4. The van der Waals surface area contributed by atoms with Crippen molar-refractivity contribution in [1.82, 2.24) is 9.99 Å². The van der Waals surface area contributed by atoms with Gasteiger partial charge < -0.3 is 9.67 Å². The molecular formula is C28H19ClN4O2. The van der Waals surface area contributed by atoms with E-state index in [1.807, 2.05) is 60.8 Å². The Morgan fingerprint density at radius 3 is 2.77 bits per heavy atom. The number of phenols is 1. The van der Waals surface area contributed by atoms with Crippen molar-refractivity contribution in [2.24, 2.45) is 5.10 Å². The molecule has 0 atom stereocenters. The van der Waals surface area contributed by atoms with Crippen molar-refractivity contribution in [3.05, 3.63) is 112 Å². The van der Waals surface area contributed by atoms with Crippen LogP contribution in [0.25, 0.3) is 21.7 Å². The lowest BCUT2D eigenvalue weighted by Gasteiger charge is -2.11. The van der Waals surface area contributed by atoms with Crippen molar-refractivity contribution in [1.29, 1.82) is 5.26 Å². The second-order valence-electron chi connectivity index (χ2n) is 8.01. The number of hydrogen-bond donors (Lipinski definition) is 2. The van der Waals surface area contributed by atoms with E-state index in [2.05, 4.69) is 27.2 Å². The molecule has 35 heavy (non-hydrogen) atoms. The van der Waals surface area contributed by atoms with Gasteiger partial charge in [-0.15, -0.1) is 0 Å². The summed E-state index contributed by atoms with van der Waals surface area (Å²) < 4.78 is 2.14. The van der Waals surface area contributed by atoms with Crippen molar-refractivity contribution < 1.29 is 9.90 Å². The van der Waals surface area contributed by atoms with E-state index in [4.69, 9.17) is 16.9 Å². The van der Waals surface area contributed by atoms with Crippen molar-refractivity contribution in [3.8, 4) is 11.8 Å². The number of aromatic hydroxyl groups is 1. The normalized spacial score (nSPS) is 11.2. The number of aromatic nitrogens is 1. The molecule has 0 bridgehead atoms. The first-order chi connectivity index (χ1) is 17.0. The molecule has 0 aliphatic rings. The van der Waals surface area contributed by atoms with E-state index in [0.717, 1.165) is 37.8 Å². The number of halogens is 1. The Bertz CT molecular complexity index is 1660. The second-order valence-corrected chi connectivity index (χ2v) is 8.42. The smallest absolute Gasteiger partial charge is 0.271 e. The van der Waals surface area contributed by atoms with E-state index >= 15 is 0 Å². The van der Waals surface area contributed by atoms with Crippen LogP contribution in [0, 0.1) is 11.3 Å². The third-order valence-electron chi connectivity index (χ3n) is 5.91. The third kappa shape index (κ3) is 4.33. The van der Waals surface area contributed by atoms with Gasteiger partial charge in [-0.05, 0) is 52.7 Å². The van der Waals surface area contributed by atoms with E-state index in [1.165, 1.54) is 18.2 Å². The molecular weight excluding hydrogens is 460 g/mol. The van der Waals surface area contributed by atoms with E-state index in [1.54, 1.807) is 6.21 Å². The van der Waals surface area contributed by atoms with E-state index in [0.29, 0.717) is 6.54 Å². The highest BCUT2D eigenvalue weighted by molar-refractivity contribution is 6.32. The van der Waals surface area contributed by atoms with Gasteiger partial charge in [-0.2, -0.15) is 10.4 Å². The molecule has 6 nitrogen and oxygen atoms in total. The zero-order valence-corrected chi connectivity index (χ0v) is 19.2. The third-order valence-corrected chi connectivity index (χ3v) is 6.26. The molecule has 0 aliphatic carbocycles. The number of benzene rings is 4. The minimum atomic E-state index is -0.479. The summed E-state index contributed by atoms with van der Waals surface area (Å²) in [6, 6.07) is 25.9. The van der Waals surface area contributed by atoms with Crippen LogP contribution in [-0.2, 0) is 6.54 Å². The summed E-state index contributed by atoms with van der Waals surface area (Å²) in [6.07, 6.45) is 3.60. The van der Waals surface area contributed by atoms with Crippen molar-refractivity contribution in [2.45, 2.75) is 6.54 Å². The standard InChI is InChI=1S/C28H19ClN4O2/c29-25-10-8-18-4-1-2-6-22(18)24(25)17-33-13-12-23-20(5-3-7-26(23)33)16-31-32-28(35)19-9-11-27(34)21(14-19)15-30/h1-14,16,34H,17H2,(H,32,35)/b31-16+. The highest BCUT2D eigenvalue weighted by atomic mass is 35.5. The SMILES string of the molecule is N#Cc1cc(C(=O)N/N=C/c2cccc3c2ccn3Cc2c(Cl)ccc3ccccc23)ccc1O. The lowest BCUT2D eigenvalue weighted by atomic mass is 10.0. The summed E-state index contributed by atoms with van der Waals surface area (Å²) in [5.74, 6) is -0.651. The zero-order chi connectivity index (χ0) is 24.4. The number of nitrogens with zero attached hydrogens (tertiary/aromatic N) is 3. The van der Waals surface area contributed by atoms with E-state index in [9.17, 15) is 9.90 Å². The van der Waals surface area contributed by atoms with Crippen LogP contribution in [0.15, 0.2) is 90.2 Å². The number of carbonyl (C=O) groups is 1. The van der Waals surface area contributed by atoms with E-state index < -0.39 is 5.91 Å². The number of carbonyl (C=O) groups excluding carboxylic acids is 1. The number of nitrogens with one attached hydrogen (secondary N) is 1. The molecule has 0 saturated carbocycles. The van der Waals surface area contributed by atoms with Crippen LogP contribution in [0.4, 0.5) is 0 Å². The van der Waals surface area contributed by atoms with Crippen LogP contribution >= 0.6 is 11.6 Å². The number of hydrazone groups is 1. The molecule has 1 amide bonds. The van der Waals surface area contributed by atoms with Crippen LogP contribution in [0.1, 0.15) is 27.0 Å². The first-order valence-corrected chi connectivity index (χ1v) is 11.2. The van der Waals surface area contributed by atoms with Gasteiger partial charge in [0.1, 0.15) is 11.8 Å². The minimum Gasteiger partial charge on any atom is -0.507 e. The average Bonchev–Trinajstić information content (AvgIpc) is 3.29. The highest BCUT2D eigenvalue weighted by Crippen LogP contribution is 2.29. The minimum absolute atomic E-state index is 0.0269. The van der Waals surface area contributed by atoms with Crippen LogP contribution in [0.5, 0.6) is 5.75 Å². The number of amides is 1. The molecule has 0 aliphatic heterocycles. The van der Waals surface area contributed by atoms with Crippen LogP contribution in [0.3, 0.4) is 0 Å².